The van der Waals surface area contributed by atoms with Gasteiger partial charge in [-0.1, -0.05) is 0 Å². The number of rotatable bonds is 5. The summed E-state index contributed by atoms with van der Waals surface area (Å²) in [5.74, 6) is -5.42. The van der Waals surface area contributed by atoms with Gasteiger partial charge in [0, 0.05) is 11.9 Å². The predicted molar refractivity (Wildman–Crippen MR) is 70.8 cm³/mol. The molecule has 0 radical (unpaired) electrons. The number of esters is 2. The van der Waals surface area contributed by atoms with E-state index in [-0.39, 0.29) is 29.6 Å². The van der Waals surface area contributed by atoms with E-state index in [9.17, 15) is 24.6 Å². The van der Waals surface area contributed by atoms with E-state index in [1.165, 1.54) is 0 Å². The Balaban J connectivity index is 0. The molecule has 0 aromatic carbocycles. The molecule has 0 aliphatic rings. The molecule has 8 heteroatoms. The number of ether oxygens (including phenoxy) is 2. The number of aliphatic hydroxyl groups excluding tert-OH is 1. The first kappa shape index (κ1) is 23.6. The standard InChI is InChI=1S/C14H24O7.Na/c1-13(2,3)20-9(15)7-8(11(17)18)10(16)12(19)21-14(4,5)6;/h8,10,16H,7H2,1-6H3,(H,17,18);/q;+1/p-1. The maximum Gasteiger partial charge on any atom is 1.00 e. The van der Waals surface area contributed by atoms with Crippen molar-refractivity contribution in [1.29, 1.82) is 0 Å². The van der Waals surface area contributed by atoms with Crippen molar-refractivity contribution in [2.75, 3.05) is 0 Å². The van der Waals surface area contributed by atoms with Crippen LogP contribution in [0.1, 0.15) is 48.0 Å². The molecule has 0 aromatic rings. The summed E-state index contributed by atoms with van der Waals surface area (Å²) in [5, 5.41) is 20.8. The van der Waals surface area contributed by atoms with Gasteiger partial charge >= 0.3 is 41.5 Å². The van der Waals surface area contributed by atoms with Gasteiger partial charge in [-0.15, -0.1) is 0 Å². The Labute approximate surface area is 152 Å². The van der Waals surface area contributed by atoms with Crippen LogP contribution in [0.2, 0.25) is 0 Å². The molecule has 2 unspecified atom stereocenters. The van der Waals surface area contributed by atoms with Crippen LogP contribution in [0.5, 0.6) is 0 Å². The maximum atomic E-state index is 11.7. The topological polar surface area (TPSA) is 113 Å². The Kier molecular flexibility index (Phi) is 9.52. The molecule has 0 heterocycles. The third kappa shape index (κ3) is 10.2. The largest absolute Gasteiger partial charge is 1.00 e. The fourth-order valence-electron chi connectivity index (χ4n) is 1.41. The van der Waals surface area contributed by atoms with Gasteiger partial charge in [0.15, 0.2) is 6.10 Å². The van der Waals surface area contributed by atoms with Crippen molar-refractivity contribution in [2.45, 2.75) is 65.3 Å². The van der Waals surface area contributed by atoms with Crippen molar-refractivity contribution in [3.63, 3.8) is 0 Å². The fourth-order valence-corrected chi connectivity index (χ4v) is 1.41. The van der Waals surface area contributed by atoms with Gasteiger partial charge in [0.1, 0.15) is 11.2 Å². The molecule has 122 valence electrons. The third-order valence-corrected chi connectivity index (χ3v) is 2.14. The first-order chi connectivity index (χ1) is 9.23. The van der Waals surface area contributed by atoms with E-state index < -0.39 is 47.6 Å². The van der Waals surface area contributed by atoms with Gasteiger partial charge in [-0.05, 0) is 41.5 Å². The summed E-state index contributed by atoms with van der Waals surface area (Å²) in [7, 11) is 0. The van der Waals surface area contributed by atoms with Gasteiger partial charge in [0.25, 0.3) is 0 Å². The van der Waals surface area contributed by atoms with E-state index in [1.807, 2.05) is 0 Å². The molecule has 0 aromatic heterocycles. The molecule has 0 amide bonds. The number of aliphatic hydroxyl groups is 1. The molecule has 0 aliphatic carbocycles. The molecule has 0 fully saturated rings. The summed E-state index contributed by atoms with van der Waals surface area (Å²) >= 11 is 0. The van der Waals surface area contributed by atoms with E-state index in [0.29, 0.717) is 0 Å². The molecule has 0 saturated heterocycles. The fraction of sp³-hybridized carbons (Fsp3) is 0.786. The molecule has 0 aliphatic heterocycles. The van der Waals surface area contributed by atoms with Crippen LogP contribution in [-0.4, -0.2) is 40.3 Å². The van der Waals surface area contributed by atoms with Gasteiger partial charge in [0.2, 0.25) is 0 Å². The number of hydrogen-bond acceptors (Lipinski definition) is 7. The SMILES string of the molecule is CC(C)(C)OC(=O)CC(C(=O)[O-])C(O)C(=O)OC(C)(C)C.[Na+]. The van der Waals surface area contributed by atoms with E-state index in [2.05, 4.69) is 0 Å². The Morgan fingerprint density at radius 3 is 1.73 bits per heavy atom. The molecule has 0 rings (SSSR count). The van der Waals surface area contributed by atoms with Crippen LogP contribution in [0.15, 0.2) is 0 Å². The normalized spacial score (nSPS) is 14.3. The zero-order valence-electron chi connectivity index (χ0n) is 14.3. The minimum atomic E-state index is -2.00. The average molecular weight is 326 g/mol. The van der Waals surface area contributed by atoms with E-state index >= 15 is 0 Å². The Bertz CT molecular complexity index is 406. The molecule has 0 saturated carbocycles. The van der Waals surface area contributed by atoms with Crippen molar-refractivity contribution in [3.8, 4) is 0 Å². The summed E-state index contributed by atoms with van der Waals surface area (Å²) in [6.07, 6.45) is -2.68. The number of carbonyl (C=O) groups excluding carboxylic acids is 3. The van der Waals surface area contributed by atoms with Gasteiger partial charge in [-0.2, -0.15) is 0 Å². The molecular weight excluding hydrogens is 303 g/mol. The summed E-state index contributed by atoms with van der Waals surface area (Å²) in [5.41, 5.74) is -1.69. The summed E-state index contributed by atoms with van der Waals surface area (Å²) in [4.78, 5) is 34.3. The van der Waals surface area contributed by atoms with E-state index in [0.717, 1.165) is 0 Å². The van der Waals surface area contributed by atoms with Crippen molar-refractivity contribution in [3.05, 3.63) is 0 Å². The van der Waals surface area contributed by atoms with Gasteiger partial charge < -0.3 is 24.5 Å². The Morgan fingerprint density at radius 1 is 1.00 bits per heavy atom. The predicted octanol–water partition coefficient (Wildman–Crippen LogP) is -3.21. The van der Waals surface area contributed by atoms with Crippen LogP contribution >= 0.6 is 0 Å². The molecule has 0 bridgehead atoms. The monoisotopic (exact) mass is 326 g/mol. The first-order valence-electron chi connectivity index (χ1n) is 6.56. The Hall–Kier alpha value is -0.630. The minimum Gasteiger partial charge on any atom is -0.550 e. The summed E-state index contributed by atoms with van der Waals surface area (Å²) in [6, 6.07) is 0. The summed E-state index contributed by atoms with van der Waals surface area (Å²) in [6.45, 7) is 9.55. The number of carbonyl (C=O) groups is 3. The molecular formula is C14H23NaO7. The molecule has 0 spiro atoms. The van der Waals surface area contributed by atoms with E-state index in [1.54, 1.807) is 41.5 Å². The van der Waals surface area contributed by atoms with Crippen molar-refractivity contribution >= 4 is 17.9 Å². The second-order valence-corrected chi connectivity index (χ2v) is 6.69. The van der Waals surface area contributed by atoms with Crippen molar-refractivity contribution in [1.82, 2.24) is 0 Å². The first-order valence-corrected chi connectivity index (χ1v) is 6.56. The van der Waals surface area contributed by atoms with Crippen LogP contribution < -0.4 is 34.7 Å². The third-order valence-electron chi connectivity index (χ3n) is 2.14. The maximum absolute atomic E-state index is 11.7. The quantitative estimate of drug-likeness (QED) is 0.418. The number of carboxylic acid groups (broad SMARTS) is 1. The zero-order chi connectivity index (χ0) is 17.0. The van der Waals surface area contributed by atoms with Gasteiger partial charge in [-0.25, -0.2) is 4.79 Å². The average Bonchev–Trinajstić information content (AvgIpc) is 2.19. The molecule has 7 nitrogen and oxygen atoms in total. The van der Waals surface area contributed by atoms with Gasteiger partial charge in [0.05, 0.1) is 6.42 Å². The van der Waals surface area contributed by atoms with Crippen LogP contribution in [0, 0.1) is 5.92 Å². The van der Waals surface area contributed by atoms with E-state index in [4.69, 9.17) is 9.47 Å². The van der Waals surface area contributed by atoms with Crippen LogP contribution in [0.4, 0.5) is 0 Å². The molecule has 1 N–H and O–H groups in total. The van der Waals surface area contributed by atoms with Crippen molar-refractivity contribution in [2.24, 2.45) is 5.92 Å². The second-order valence-electron chi connectivity index (χ2n) is 6.69. The molecule has 2 atom stereocenters. The van der Waals surface area contributed by atoms with Crippen molar-refractivity contribution < 1.29 is 63.6 Å². The summed E-state index contributed by atoms with van der Waals surface area (Å²) < 4.78 is 9.84. The van der Waals surface area contributed by atoms with Crippen LogP contribution in [0.3, 0.4) is 0 Å². The van der Waals surface area contributed by atoms with Crippen LogP contribution in [0.25, 0.3) is 0 Å². The molecule has 22 heavy (non-hydrogen) atoms. The second kappa shape index (κ2) is 8.86. The zero-order valence-corrected chi connectivity index (χ0v) is 16.3. The number of aliphatic carboxylic acids is 1. The minimum absolute atomic E-state index is 0. The van der Waals surface area contributed by atoms with Gasteiger partial charge in [-0.3, -0.25) is 4.79 Å². The number of carboxylic acids is 1. The smallest absolute Gasteiger partial charge is 0.550 e. The van der Waals surface area contributed by atoms with Crippen LogP contribution in [-0.2, 0) is 23.9 Å². The Morgan fingerprint density at radius 2 is 1.41 bits per heavy atom. The number of hydrogen-bond donors (Lipinski definition) is 1.